The third kappa shape index (κ3) is 2.80. The van der Waals surface area contributed by atoms with E-state index >= 15 is 0 Å². The SMILES string of the molecule is CCn1cc(C(=O)N2CCOCC2)c2nn(-c3ccccc3)c(=O)c-2c1. The lowest BCUT2D eigenvalue weighted by molar-refractivity contribution is 0.0302. The van der Waals surface area contributed by atoms with E-state index in [-0.39, 0.29) is 11.5 Å². The molecular weight excluding hydrogens is 332 g/mol. The number of benzene rings is 1. The first-order valence-corrected chi connectivity index (χ1v) is 8.74. The molecule has 26 heavy (non-hydrogen) atoms. The van der Waals surface area contributed by atoms with Crippen LogP contribution in [0.4, 0.5) is 0 Å². The molecule has 0 atom stereocenters. The molecule has 0 aliphatic carbocycles. The zero-order valence-electron chi connectivity index (χ0n) is 14.6. The highest BCUT2D eigenvalue weighted by molar-refractivity contribution is 6.00. The largest absolute Gasteiger partial charge is 0.378 e. The Morgan fingerprint density at radius 3 is 2.58 bits per heavy atom. The Morgan fingerprint density at radius 2 is 1.88 bits per heavy atom. The van der Waals surface area contributed by atoms with Gasteiger partial charge in [0.25, 0.3) is 11.5 Å². The molecule has 1 amide bonds. The standard InChI is InChI=1S/C19H20N4O3/c1-2-21-12-15(18(24)22-8-10-26-11-9-22)17-16(13-21)19(25)23(20-17)14-6-4-3-5-7-14/h3-7,12-13H,2,8-11H2,1H3. The summed E-state index contributed by atoms with van der Waals surface area (Å²) in [5, 5.41) is 4.49. The number of amides is 1. The van der Waals surface area contributed by atoms with Gasteiger partial charge in [-0.3, -0.25) is 9.59 Å². The highest BCUT2D eigenvalue weighted by Gasteiger charge is 2.27. The minimum absolute atomic E-state index is 0.112. The van der Waals surface area contributed by atoms with Gasteiger partial charge in [-0.15, -0.1) is 0 Å². The van der Waals surface area contributed by atoms with Crippen molar-refractivity contribution in [1.82, 2.24) is 19.2 Å². The molecule has 0 N–H and O–H groups in total. The number of aryl methyl sites for hydroxylation is 1. The van der Waals surface area contributed by atoms with Crippen LogP contribution in [0.1, 0.15) is 17.3 Å². The second-order valence-electron chi connectivity index (χ2n) is 6.22. The van der Waals surface area contributed by atoms with Gasteiger partial charge in [0.2, 0.25) is 0 Å². The van der Waals surface area contributed by atoms with Crippen molar-refractivity contribution in [2.75, 3.05) is 26.3 Å². The van der Waals surface area contributed by atoms with Gasteiger partial charge in [0.05, 0.1) is 30.0 Å². The van der Waals surface area contributed by atoms with E-state index in [1.54, 1.807) is 17.3 Å². The van der Waals surface area contributed by atoms with Crippen LogP contribution in [-0.4, -0.2) is 51.5 Å². The van der Waals surface area contributed by atoms with Crippen LogP contribution in [-0.2, 0) is 11.3 Å². The van der Waals surface area contributed by atoms with E-state index in [1.165, 1.54) is 4.68 Å². The summed E-state index contributed by atoms with van der Waals surface area (Å²) in [5.74, 6) is -0.112. The number of nitrogens with zero attached hydrogens (tertiary/aromatic N) is 4. The fourth-order valence-electron chi connectivity index (χ4n) is 3.18. The highest BCUT2D eigenvalue weighted by Crippen LogP contribution is 2.24. The van der Waals surface area contributed by atoms with E-state index in [4.69, 9.17) is 4.74 Å². The molecule has 0 bridgehead atoms. The summed E-state index contributed by atoms with van der Waals surface area (Å²) in [6.45, 7) is 4.79. The maximum atomic E-state index is 13.0. The number of carbonyl (C=O) groups excluding carboxylic acids is 1. The predicted octanol–water partition coefficient (Wildman–Crippen LogP) is 1.63. The molecule has 3 aliphatic rings. The maximum Gasteiger partial charge on any atom is 0.282 e. The van der Waals surface area contributed by atoms with Crippen molar-refractivity contribution in [2.24, 2.45) is 0 Å². The molecule has 3 aliphatic heterocycles. The van der Waals surface area contributed by atoms with Crippen LogP contribution in [0.25, 0.3) is 16.9 Å². The molecule has 0 saturated carbocycles. The number of morpholine rings is 1. The number of carbonyl (C=O) groups is 1. The Balaban J connectivity index is 1.87. The summed E-state index contributed by atoms with van der Waals surface area (Å²) >= 11 is 0. The van der Waals surface area contributed by atoms with Gasteiger partial charge in [-0.2, -0.15) is 9.78 Å². The number of fused-ring (bicyclic) bond motifs is 1. The lowest BCUT2D eigenvalue weighted by Crippen LogP contribution is -2.41. The molecule has 134 valence electrons. The van der Waals surface area contributed by atoms with Gasteiger partial charge in [-0.05, 0) is 19.1 Å². The summed E-state index contributed by atoms with van der Waals surface area (Å²) in [4.78, 5) is 27.7. The van der Waals surface area contributed by atoms with Gasteiger partial charge in [0, 0.05) is 32.0 Å². The zero-order valence-corrected chi connectivity index (χ0v) is 14.6. The molecule has 7 nitrogen and oxygen atoms in total. The van der Waals surface area contributed by atoms with Crippen LogP contribution < -0.4 is 5.56 Å². The second kappa shape index (κ2) is 6.76. The fourth-order valence-corrected chi connectivity index (χ4v) is 3.18. The molecule has 1 aromatic rings. The highest BCUT2D eigenvalue weighted by atomic mass is 16.5. The number of pyridine rings is 1. The number of ether oxygens (including phenoxy) is 1. The molecule has 1 saturated heterocycles. The monoisotopic (exact) mass is 352 g/mol. The van der Waals surface area contributed by atoms with E-state index < -0.39 is 0 Å². The van der Waals surface area contributed by atoms with Crippen molar-refractivity contribution >= 4 is 5.91 Å². The Hall–Kier alpha value is -2.93. The van der Waals surface area contributed by atoms with Crippen LogP contribution in [0.3, 0.4) is 0 Å². The zero-order chi connectivity index (χ0) is 18.1. The summed E-state index contributed by atoms with van der Waals surface area (Å²) in [6.07, 6.45) is 3.54. The van der Waals surface area contributed by atoms with Crippen LogP contribution in [0.15, 0.2) is 47.5 Å². The lowest BCUT2D eigenvalue weighted by atomic mass is 10.1. The molecule has 7 heteroatoms. The van der Waals surface area contributed by atoms with E-state index in [0.29, 0.717) is 55.4 Å². The molecule has 4 rings (SSSR count). The Bertz CT molecular complexity index is 955. The van der Waals surface area contributed by atoms with Crippen molar-refractivity contribution in [2.45, 2.75) is 13.5 Å². The summed E-state index contributed by atoms with van der Waals surface area (Å²) in [5.41, 5.74) is 1.82. The Labute approximate surface area is 150 Å². The molecular formula is C19H20N4O3. The molecule has 0 radical (unpaired) electrons. The minimum atomic E-state index is -0.218. The molecule has 0 spiro atoms. The van der Waals surface area contributed by atoms with E-state index in [9.17, 15) is 9.59 Å². The average molecular weight is 352 g/mol. The first kappa shape index (κ1) is 16.5. The molecule has 0 unspecified atom stereocenters. The summed E-state index contributed by atoms with van der Waals surface area (Å²) in [7, 11) is 0. The van der Waals surface area contributed by atoms with Gasteiger partial charge >= 0.3 is 0 Å². The third-order valence-corrected chi connectivity index (χ3v) is 4.62. The van der Waals surface area contributed by atoms with Crippen molar-refractivity contribution in [3.05, 3.63) is 58.6 Å². The predicted molar refractivity (Wildman–Crippen MR) is 96.8 cm³/mol. The third-order valence-electron chi connectivity index (χ3n) is 4.62. The average Bonchev–Trinajstić information content (AvgIpc) is 3.04. The number of aromatic nitrogens is 3. The van der Waals surface area contributed by atoms with E-state index in [1.807, 2.05) is 41.8 Å². The first-order valence-electron chi connectivity index (χ1n) is 8.74. The number of hydrogen-bond donors (Lipinski definition) is 0. The van der Waals surface area contributed by atoms with Crippen molar-refractivity contribution in [3.63, 3.8) is 0 Å². The topological polar surface area (TPSA) is 69.4 Å². The van der Waals surface area contributed by atoms with Crippen molar-refractivity contribution in [1.29, 1.82) is 0 Å². The van der Waals surface area contributed by atoms with Gasteiger partial charge in [-0.1, -0.05) is 18.2 Å². The van der Waals surface area contributed by atoms with Crippen LogP contribution in [0.5, 0.6) is 0 Å². The second-order valence-corrected chi connectivity index (χ2v) is 6.22. The Morgan fingerprint density at radius 1 is 1.15 bits per heavy atom. The molecule has 3 heterocycles. The normalized spacial score (nSPS) is 14.7. The van der Waals surface area contributed by atoms with Crippen LogP contribution >= 0.6 is 0 Å². The van der Waals surface area contributed by atoms with Gasteiger partial charge in [-0.25, -0.2) is 0 Å². The number of para-hydroxylation sites is 1. The molecule has 1 aromatic carbocycles. The van der Waals surface area contributed by atoms with Crippen molar-refractivity contribution in [3.8, 4) is 16.9 Å². The Kier molecular flexibility index (Phi) is 4.30. The van der Waals surface area contributed by atoms with E-state index in [2.05, 4.69) is 5.10 Å². The quantitative estimate of drug-likeness (QED) is 0.718. The lowest BCUT2D eigenvalue weighted by Gasteiger charge is -2.27. The smallest absolute Gasteiger partial charge is 0.282 e. The number of hydrogen-bond acceptors (Lipinski definition) is 4. The van der Waals surface area contributed by atoms with Gasteiger partial charge in [0.1, 0.15) is 5.69 Å². The maximum absolute atomic E-state index is 13.0. The summed E-state index contributed by atoms with van der Waals surface area (Å²) in [6, 6.07) is 9.24. The van der Waals surface area contributed by atoms with Gasteiger partial charge in [0.15, 0.2) is 0 Å². The van der Waals surface area contributed by atoms with E-state index in [0.717, 1.165) is 0 Å². The van der Waals surface area contributed by atoms with Crippen LogP contribution in [0, 0.1) is 0 Å². The van der Waals surface area contributed by atoms with Crippen molar-refractivity contribution < 1.29 is 9.53 Å². The van der Waals surface area contributed by atoms with Crippen LogP contribution in [0.2, 0.25) is 0 Å². The van der Waals surface area contributed by atoms with Gasteiger partial charge < -0.3 is 14.2 Å². The summed E-state index contributed by atoms with van der Waals surface area (Å²) < 4.78 is 8.55. The number of rotatable bonds is 3. The minimum Gasteiger partial charge on any atom is -0.378 e. The first-order chi connectivity index (χ1) is 12.7. The fraction of sp³-hybridized carbons (Fsp3) is 0.316. The molecule has 1 fully saturated rings. The molecule has 0 aromatic heterocycles.